The van der Waals surface area contributed by atoms with Crippen molar-refractivity contribution in [1.82, 2.24) is 4.98 Å². The van der Waals surface area contributed by atoms with Crippen LogP contribution in [0.15, 0.2) is 18.3 Å². The maximum atomic E-state index is 12.5. The molecule has 1 aliphatic heterocycles. The minimum Gasteiger partial charge on any atom is -0.474 e. The average Bonchev–Trinajstić information content (AvgIpc) is 2.23. The zero-order valence-electron chi connectivity index (χ0n) is 7.78. The first kappa shape index (κ1) is 9.40. The van der Waals surface area contributed by atoms with E-state index in [-0.39, 0.29) is 11.9 Å². The van der Waals surface area contributed by atoms with Crippen LogP contribution in [0.2, 0.25) is 0 Å². The summed E-state index contributed by atoms with van der Waals surface area (Å²) in [7, 11) is 0. The van der Waals surface area contributed by atoms with Gasteiger partial charge in [0, 0.05) is 18.9 Å². The van der Waals surface area contributed by atoms with E-state index in [0.29, 0.717) is 5.88 Å². The predicted octanol–water partition coefficient (Wildman–Crippen LogP) is 1.78. The fraction of sp³-hybridized carbons (Fsp3) is 0.500. The van der Waals surface area contributed by atoms with Gasteiger partial charge >= 0.3 is 0 Å². The lowest BCUT2D eigenvalue weighted by atomic mass is 10.2. The molecular formula is C10H12FNO2. The zero-order valence-corrected chi connectivity index (χ0v) is 7.78. The minimum absolute atomic E-state index is 0.154. The molecule has 0 atom stereocenters. The van der Waals surface area contributed by atoms with Gasteiger partial charge in [0.2, 0.25) is 5.88 Å². The van der Waals surface area contributed by atoms with Crippen molar-refractivity contribution < 1.29 is 13.9 Å². The Morgan fingerprint density at radius 2 is 2.14 bits per heavy atom. The summed E-state index contributed by atoms with van der Waals surface area (Å²) >= 11 is 0. The van der Waals surface area contributed by atoms with Gasteiger partial charge in [0.1, 0.15) is 11.9 Å². The van der Waals surface area contributed by atoms with Gasteiger partial charge in [-0.1, -0.05) is 0 Å². The molecule has 2 heterocycles. The molecule has 4 heteroatoms. The Morgan fingerprint density at radius 3 is 2.79 bits per heavy atom. The van der Waals surface area contributed by atoms with Crippen LogP contribution in [-0.2, 0) is 4.74 Å². The van der Waals surface area contributed by atoms with Gasteiger partial charge in [-0.05, 0) is 6.07 Å². The fourth-order valence-electron chi connectivity index (χ4n) is 1.40. The molecule has 3 nitrogen and oxygen atoms in total. The molecule has 0 amide bonds. The van der Waals surface area contributed by atoms with Crippen molar-refractivity contribution in [3.63, 3.8) is 0 Å². The lowest BCUT2D eigenvalue weighted by molar-refractivity contribution is 0.0237. The van der Waals surface area contributed by atoms with Crippen molar-refractivity contribution >= 4 is 0 Å². The van der Waals surface area contributed by atoms with E-state index in [1.165, 1.54) is 6.07 Å². The molecule has 76 valence electrons. The summed E-state index contributed by atoms with van der Waals surface area (Å²) in [6.07, 6.45) is 3.06. The number of halogens is 1. The van der Waals surface area contributed by atoms with E-state index in [1.807, 2.05) is 0 Å². The number of hydrogen-bond acceptors (Lipinski definition) is 3. The molecule has 0 spiro atoms. The summed E-state index contributed by atoms with van der Waals surface area (Å²) in [5.41, 5.74) is 0. The molecule has 0 N–H and O–H groups in total. The van der Waals surface area contributed by atoms with Crippen LogP contribution < -0.4 is 4.74 Å². The highest BCUT2D eigenvalue weighted by Crippen LogP contribution is 2.15. The van der Waals surface area contributed by atoms with Crippen molar-refractivity contribution in [3.05, 3.63) is 24.1 Å². The maximum Gasteiger partial charge on any atom is 0.213 e. The van der Waals surface area contributed by atoms with Gasteiger partial charge in [0.05, 0.1) is 19.4 Å². The highest BCUT2D eigenvalue weighted by atomic mass is 19.1. The molecule has 14 heavy (non-hydrogen) atoms. The standard InChI is InChI=1S/C10H12FNO2/c11-8-1-2-10(12-7-8)14-9-3-5-13-6-4-9/h1-2,7,9H,3-6H2. The number of pyridine rings is 1. The largest absolute Gasteiger partial charge is 0.474 e. The Kier molecular flexibility index (Phi) is 2.93. The monoisotopic (exact) mass is 197 g/mol. The van der Waals surface area contributed by atoms with Gasteiger partial charge in [-0.2, -0.15) is 0 Å². The predicted molar refractivity (Wildman–Crippen MR) is 48.7 cm³/mol. The van der Waals surface area contributed by atoms with Gasteiger partial charge in [0.25, 0.3) is 0 Å². The fourth-order valence-corrected chi connectivity index (χ4v) is 1.40. The molecule has 2 rings (SSSR count). The third-order valence-electron chi connectivity index (χ3n) is 2.16. The topological polar surface area (TPSA) is 31.4 Å². The molecule has 0 aromatic carbocycles. The van der Waals surface area contributed by atoms with Crippen LogP contribution in [0.5, 0.6) is 5.88 Å². The van der Waals surface area contributed by atoms with Crippen LogP contribution >= 0.6 is 0 Å². The Bertz CT molecular complexity index is 283. The second-order valence-electron chi connectivity index (χ2n) is 3.24. The SMILES string of the molecule is Fc1ccc(OC2CCOCC2)nc1. The zero-order chi connectivity index (χ0) is 9.80. The van der Waals surface area contributed by atoms with Crippen LogP contribution in [0.3, 0.4) is 0 Å². The second-order valence-corrected chi connectivity index (χ2v) is 3.24. The van der Waals surface area contributed by atoms with E-state index in [9.17, 15) is 4.39 Å². The van der Waals surface area contributed by atoms with E-state index in [4.69, 9.17) is 9.47 Å². The van der Waals surface area contributed by atoms with Crippen LogP contribution in [0.25, 0.3) is 0 Å². The van der Waals surface area contributed by atoms with E-state index in [2.05, 4.69) is 4.98 Å². The summed E-state index contributed by atoms with van der Waals surface area (Å²) in [5.74, 6) is 0.141. The van der Waals surface area contributed by atoms with Gasteiger partial charge in [-0.3, -0.25) is 0 Å². The van der Waals surface area contributed by atoms with Crippen molar-refractivity contribution in [1.29, 1.82) is 0 Å². The Hall–Kier alpha value is -1.16. The molecule has 0 radical (unpaired) electrons. The lowest BCUT2D eigenvalue weighted by Gasteiger charge is -2.22. The third kappa shape index (κ3) is 2.42. The lowest BCUT2D eigenvalue weighted by Crippen LogP contribution is -2.26. The number of nitrogens with zero attached hydrogens (tertiary/aromatic N) is 1. The van der Waals surface area contributed by atoms with Gasteiger partial charge in [0.15, 0.2) is 0 Å². The van der Waals surface area contributed by atoms with E-state index in [1.54, 1.807) is 6.07 Å². The summed E-state index contributed by atoms with van der Waals surface area (Å²) in [6, 6.07) is 2.90. The summed E-state index contributed by atoms with van der Waals surface area (Å²) < 4.78 is 23.3. The van der Waals surface area contributed by atoms with Gasteiger partial charge < -0.3 is 9.47 Å². The maximum absolute atomic E-state index is 12.5. The quantitative estimate of drug-likeness (QED) is 0.724. The molecule has 0 saturated carbocycles. The van der Waals surface area contributed by atoms with Crippen LogP contribution in [0, 0.1) is 5.82 Å². The van der Waals surface area contributed by atoms with Crippen LogP contribution in [0.4, 0.5) is 4.39 Å². The highest BCUT2D eigenvalue weighted by Gasteiger charge is 2.15. The molecule has 1 aliphatic rings. The smallest absolute Gasteiger partial charge is 0.213 e. The van der Waals surface area contributed by atoms with Gasteiger partial charge in [-0.25, -0.2) is 9.37 Å². The van der Waals surface area contributed by atoms with Crippen molar-refractivity contribution in [2.45, 2.75) is 18.9 Å². The third-order valence-corrected chi connectivity index (χ3v) is 2.16. The number of hydrogen-bond donors (Lipinski definition) is 0. The molecule has 1 fully saturated rings. The molecule has 0 aliphatic carbocycles. The van der Waals surface area contributed by atoms with Crippen molar-refractivity contribution in [3.8, 4) is 5.88 Å². The van der Waals surface area contributed by atoms with Crippen LogP contribution in [0.1, 0.15) is 12.8 Å². The number of aromatic nitrogens is 1. The first-order chi connectivity index (χ1) is 6.84. The highest BCUT2D eigenvalue weighted by molar-refractivity contribution is 5.11. The summed E-state index contributed by atoms with van der Waals surface area (Å²) in [6.45, 7) is 1.46. The normalized spacial score (nSPS) is 18.1. The number of ether oxygens (including phenoxy) is 2. The molecule has 0 bridgehead atoms. The number of rotatable bonds is 2. The van der Waals surface area contributed by atoms with Crippen LogP contribution in [-0.4, -0.2) is 24.3 Å². The molecular weight excluding hydrogens is 185 g/mol. The first-order valence-electron chi connectivity index (χ1n) is 4.70. The van der Waals surface area contributed by atoms with E-state index < -0.39 is 0 Å². The minimum atomic E-state index is -0.343. The van der Waals surface area contributed by atoms with Gasteiger partial charge in [-0.15, -0.1) is 0 Å². The molecule has 0 unspecified atom stereocenters. The first-order valence-corrected chi connectivity index (χ1v) is 4.70. The van der Waals surface area contributed by atoms with E-state index in [0.717, 1.165) is 32.3 Å². The van der Waals surface area contributed by atoms with E-state index >= 15 is 0 Å². The molecule has 1 aromatic rings. The summed E-state index contributed by atoms with van der Waals surface area (Å²) in [4.78, 5) is 3.83. The molecule has 1 aromatic heterocycles. The Labute approximate surface area is 81.9 Å². The van der Waals surface area contributed by atoms with Crippen molar-refractivity contribution in [2.24, 2.45) is 0 Å². The van der Waals surface area contributed by atoms with Crippen molar-refractivity contribution in [2.75, 3.05) is 13.2 Å². The Morgan fingerprint density at radius 1 is 1.36 bits per heavy atom. The Balaban J connectivity index is 1.92. The average molecular weight is 197 g/mol. The molecule has 1 saturated heterocycles. The second kappa shape index (κ2) is 4.37. The summed E-state index contributed by atoms with van der Waals surface area (Å²) in [5, 5.41) is 0.